The lowest BCUT2D eigenvalue weighted by molar-refractivity contribution is -0.161. The van der Waals surface area contributed by atoms with Gasteiger partial charge < -0.3 is 9.84 Å². The molecule has 0 aliphatic heterocycles. The molecule has 1 aromatic heterocycles. The zero-order valence-corrected chi connectivity index (χ0v) is 17.0. The maximum absolute atomic E-state index is 13.2. The summed E-state index contributed by atoms with van der Waals surface area (Å²) >= 11 is 13.5. The number of thioether (sulfide) groups is 1. The molecule has 1 atom stereocenters. The zero-order valence-electron chi connectivity index (χ0n) is 14.7. The van der Waals surface area contributed by atoms with Gasteiger partial charge in [0.15, 0.2) is 5.16 Å². The Morgan fingerprint density at radius 2 is 1.73 bits per heavy atom. The number of esters is 1. The van der Waals surface area contributed by atoms with Gasteiger partial charge in [0.05, 0.1) is 12.2 Å². The summed E-state index contributed by atoms with van der Waals surface area (Å²) in [4.78, 5) is 20.5. The molecule has 9 heteroatoms. The lowest BCUT2D eigenvalue weighted by Gasteiger charge is -2.27. The van der Waals surface area contributed by atoms with Gasteiger partial charge in [-0.2, -0.15) is 0 Å². The zero-order chi connectivity index (χ0) is 19.9. The number of carbonyl (C=O) groups is 1. The summed E-state index contributed by atoms with van der Waals surface area (Å²) in [6.07, 6.45) is 1.72. The first-order chi connectivity index (χ1) is 12.3. The van der Waals surface area contributed by atoms with E-state index in [-0.39, 0.29) is 33.2 Å². The van der Waals surface area contributed by atoms with Crippen LogP contribution in [0.4, 0.5) is 4.39 Å². The third-order valence-corrected chi connectivity index (χ3v) is 4.27. The van der Waals surface area contributed by atoms with Crippen molar-refractivity contribution in [3.8, 4) is 0 Å². The molecule has 1 aromatic carbocycles. The van der Waals surface area contributed by atoms with E-state index in [1.807, 2.05) is 13.8 Å². The average molecular weight is 421 g/mol. The molecule has 26 heavy (non-hydrogen) atoms. The molecule has 0 spiro atoms. The van der Waals surface area contributed by atoms with Gasteiger partial charge in [-0.05, 0) is 30.9 Å². The van der Waals surface area contributed by atoms with Gasteiger partial charge in [-0.15, -0.1) is 0 Å². The van der Waals surface area contributed by atoms with E-state index in [4.69, 9.17) is 27.9 Å². The number of hydrogen-bond donors (Lipinski definition) is 1. The molecule has 0 saturated heterocycles. The van der Waals surface area contributed by atoms with E-state index < -0.39 is 17.4 Å². The third-order valence-electron chi connectivity index (χ3n) is 3.18. The minimum Gasteiger partial charge on any atom is -0.463 e. The molecule has 5 nitrogen and oxygen atoms in total. The van der Waals surface area contributed by atoms with Crippen molar-refractivity contribution in [1.29, 1.82) is 0 Å². The molecule has 2 aromatic rings. The van der Waals surface area contributed by atoms with Crippen molar-refractivity contribution in [2.45, 2.75) is 31.5 Å². The Morgan fingerprint density at radius 1 is 1.23 bits per heavy atom. The van der Waals surface area contributed by atoms with E-state index >= 15 is 0 Å². The van der Waals surface area contributed by atoms with E-state index in [1.165, 1.54) is 23.9 Å². The second kappa shape index (κ2) is 10.1. The average Bonchev–Trinajstić information content (AvgIpc) is 2.63. The molecule has 0 bridgehead atoms. The molecule has 0 amide bonds. The normalized spacial score (nSPS) is 12.6. The highest BCUT2D eigenvalue weighted by molar-refractivity contribution is 7.98. The first-order valence-electron chi connectivity index (χ1n) is 7.77. The number of nitrogens with zero attached hydrogens (tertiary/aromatic N) is 2. The molecular weight excluding hydrogens is 402 g/mol. The summed E-state index contributed by atoms with van der Waals surface area (Å²) in [6.45, 7) is 5.60. The standard InChI is InChI=1S/C15H13Cl2FN2O3S.C2H6/c1-3-23-13(21)15(22,8-4-6-9(18)7-5-8)10-11(16)19-14(24-2)20-12(10)17;1-2/h4-7,22H,3H2,1-2H3;1-2H3. The van der Waals surface area contributed by atoms with Crippen molar-refractivity contribution in [3.63, 3.8) is 0 Å². The number of benzene rings is 1. The molecule has 1 N–H and O–H groups in total. The smallest absolute Gasteiger partial charge is 0.347 e. The molecular formula is C17H19Cl2FN2O3S. The van der Waals surface area contributed by atoms with Gasteiger partial charge in [0, 0.05) is 0 Å². The fourth-order valence-corrected chi connectivity index (χ4v) is 3.20. The number of rotatable bonds is 5. The first-order valence-corrected chi connectivity index (χ1v) is 9.75. The van der Waals surface area contributed by atoms with Crippen LogP contribution in [0, 0.1) is 5.82 Å². The van der Waals surface area contributed by atoms with Gasteiger partial charge in [0.1, 0.15) is 16.1 Å². The number of aromatic nitrogens is 2. The Labute approximate surface area is 165 Å². The van der Waals surface area contributed by atoms with Crippen LogP contribution in [0.5, 0.6) is 0 Å². The largest absolute Gasteiger partial charge is 0.463 e. The van der Waals surface area contributed by atoms with Crippen molar-refractivity contribution in [3.05, 3.63) is 51.5 Å². The summed E-state index contributed by atoms with van der Waals surface area (Å²) in [6, 6.07) is 4.67. The minimum absolute atomic E-state index is 0.0152. The van der Waals surface area contributed by atoms with Crippen LogP contribution in [0.1, 0.15) is 31.9 Å². The fourth-order valence-electron chi connectivity index (χ4n) is 2.07. The number of carbonyl (C=O) groups excluding carboxylic acids is 1. The van der Waals surface area contributed by atoms with E-state index in [0.29, 0.717) is 0 Å². The third kappa shape index (κ3) is 4.65. The Bertz CT molecular complexity index is 739. The lowest BCUT2D eigenvalue weighted by atomic mass is 9.88. The van der Waals surface area contributed by atoms with Crippen molar-refractivity contribution >= 4 is 40.9 Å². The van der Waals surface area contributed by atoms with Crippen LogP contribution < -0.4 is 0 Å². The highest BCUT2D eigenvalue weighted by Gasteiger charge is 2.46. The monoisotopic (exact) mass is 420 g/mol. The summed E-state index contributed by atoms with van der Waals surface area (Å²) in [7, 11) is 0. The molecule has 0 saturated carbocycles. The van der Waals surface area contributed by atoms with Gasteiger partial charge in [-0.25, -0.2) is 19.2 Å². The number of hydrogen-bond acceptors (Lipinski definition) is 6. The van der Waals surface area contributed by atoms with Crippen molar-refractivity contribution < 1.29 is 19.0 Å². The molecule has 0 radical (unpaired) electrons. The quantitative estimate of drug-likeness (QED) is 0.333. The Morgan fingerprint density at radius 3 is 2.15 bits per heavy atom. The Kier molecular flexibility index (Phi) is 8.76. The van der Waals surface area contributed by atoms with E-state index in [0.717, 1.165) is 12.1 Å². The maximum Gasteiger partial charge on any atom is 0.347 e. The van der Waals surface area contributed by atoms with E-state index in [1.54, 1.807) is 13.2 Å². The van der Waals surface area contributed by atoms with Crippen LogP contribution in [0.2, 0.25) is 10.3 Å². The number of halogens is 3. The van der Waals surface area contributed by atoms with Crippen molar-refractivity contribution in [2.24, 2.45) is 0 Å². The van der Waals surface area contributed by atoms with E-state index in [9.17, 15) is 14.3 Å². The van der Waals surface area contributed by atoms with Gasteiger partial charge in [-0.1, -0.05) is 60.9 Å². The predicted molar refractivity (Wildman–Crippen MR) is 101 cm³/mol. The molecule has 142 valence electrons. The van der Waals surface area contributed by atoms with Crippen molar-refractivity contribution in [1.82, 2.24) is 9.97 Å². The first kappa shape index (κ1) is 22.6. The van der Waals surface area contributed by atoms with Crippen LogP contribution >= 0.6 is 35.0 Å². The van der Waals surface area contributed by atoms with E-state index in [2.05, 4.69) is 9.97 Å². The van der Waals surface area contributed by atoms with Gasteiger partial charge in [-0.3, -0.25) is 0 Å². The summed E-state index contributed by atoms with van der Waals surface area (Å²) < 4.78 is 18.2. The highest BCUT2D eigenvalue weighted by Crippen LogP contribution is 2.39. The number of aliphatic hydroxyl groups is 1. The molecule has 2 rings (SSSR count). The van der Waals surface area contributed by atoms with Crippen LogP contribution in [-0.2, 0) is 15.1 Å². The maximum atomic E-state index is 13.2. The van der Waals surface area contributed by atoms with Crippen molar-refractivity contribution in [2.75, 3.05) is 12.9 Å². The molecule has 1 heterocycles. The summed E-state index contributed by atoms with van der Waals surface area (Å²) in [5.41, 5.74) is -2.55. The van der Waals surface area contributed by atoms with Crippen LogP contribution in [0.15, 0.2) is 29.4 Å². The topological polar surface area (TPSA) is 72.3 Å². The minimum atomic E-state index is -2.37. The van der Waals surface area contributed by atoms with Gasteiger partial charge >= 0.3 is 5.97 Å². The van der Waals surface area contributed by atoms with Crippen LogP contribution in [0.25, 0.3) is 0 Å². The number of ether oxygens (including phenoxy) is 1. The van der Waals surface area contributed by atoms with Gasteiger partial charge in [0.2, 0.25) is 5.60 Å². The second-order valence-electron chi connectivity index (χ2n) is 4.60. The van der Waals surface area contributed by atoms with Gasteiger partial charge in [0.25, 0.3) is 0 Å². The molecule has 0 fully saturated rings. The lowest BCUT2D eigenvalue weighted by Crippen LogP contribution is -2.39. The molecule has 0 aliphatic rings. The highest BCUT2D eigenvalue weighted by atomic mass is 35.5. The fraction of sp³-hybridized carbons (Fsp3) is 0.353. The Hall–Kier alpha value is -1.41. The SMILES string of the molecule is CC.CCOC(=O)C(O)(c1ccc(F)cc1)c1c(Cl)nc(SC)nc1Cl. The van der Waals surface area contributed by atoms with Crippen LogP contribution in [0.3, 0.4) is 0 Å². The second-order valence-corrected chi connectivity index (χ2v) is 6.09. The molecule has 0 aliphatic carbocycles. The molecule has 1 unspecified atom stereocenters. The summed E-state index contributed by atoms with van der Waals surface area (Å²) in [5.74, 6) is -1.54. The Balaban J connectivity index is 0.00000163. The summed E-state index contributed by atoms with van der Waals surface area (Å²) in [5, 5.41) is 11.0. The predicted octanol–water partition coefficient (Wildman–Crippen LogP) is 4.47. The van der Waals surface area contributed by atoms with Crippen LogP contribution in [-0.4, -0.2) is 33.9 Å².